The lowest BCUT2D eigenvalue weighted by molar-refractivity contribution is -0.111. The summed E-state index contributed by atoms with van der Waals surface area (Å²) in [6.07, 6.45) is 3.75. The van der Waals surface area contributed by atoms with Gasteiger partial charge in [0.2, 0.25) is 5.91 Å². The average Bonchev–Trinajstić information content (AvgIpc) is 3.02. The zero-order chi connectivity index (χ0) is 20.8. The van der Waals surface area contributed by atoms with Crippen LogP contribution >= 0.6 is 11.3 Å². The number of hydrogen-bond acceptors (Lipinski definition) is 4. The van der Waals surface area contributed by atoms with Crippen molar-refractivity contribution < 1.29 is 14.3 Å². The highest BCUT2D eigenvalue weighted by molar-refractivity contribution is 7.17. The molecule has 2 amide bonds. The Bertz CT molecular complexity index is 1060. The zero-order valence-corrected chi connectivity index (χ0v) is 17.1. The number of anilines is 1. The second kappa shape index (κ2) is 9.21. The summed E-state index contributed by atoms with van der Waals surface area (Å²) in [7, 11) is 1.58. The molecule has 0 saturated carbocycles. The number of para-hydroxylation sites is 1. The van der Waals surface area contributed by atoms with E-state index in [1.54, 1.807) is 13.2 Å². The number of carbonyl (C=O) groups excluding carboxylic acids is 2. The highest BCUT2D eigenvalue weighted by Gasteiger charge is 2.20. The van der Waals surface area contributed by atoms with Crippen LogP contribution in [0.5, 0.6) is 5.75 Å². The van der Waals surface area contributed by atoms with Crippen molar-refractivity contribution in [3.8, 4) is 5.75 Å². The number of benzene rings is 2. The Morgan fingerprint density at radius 3 is 2.48 bits per heavy atom. The fraction of sp³-hybridized carbons (Fsp3) is 0.130. The molecule has 0 spiro atoms. The van der Waals surface area contributed by atoms with Gasteiger partial charge in [0, 0.05) is 22.9 Å². The summed E-state index contributed by atoms with van der Waals surface area (Å²) in [5.41, 5.74) is 8.66. The third-order valence-electron chi connectivity index (χ3n) is 4.49. The third-order valence-corrected chi connectivity index (χ3v) is 5.70. The van der Waals surface area contributed by atoms with Crippen LogP contribution in [0.2, 0.25) is 0 Å². The number of methoxy groups -OCH3 is 1. The van der Waals surface area contributed by atoms with E-state index in [-0.39, 0.29) is 5.91 Å². The smallest absolute Gasteiger partial charge is 0.251 e. The van der Waals surface area contributed by atoms with E-state index in [0.29, 0.717) is 22.7 Å². The predicted molar refractivity (Wildman–Crippen MR) is 117 cm³/mol. The largest absolute Gasteiger partial charge is 0.496 e. The Hall–Kier alpha value is -3.38. The number of amides is 2. The van der Waals surface area contributed by atoms with Gasteiger partial charge >= 0.3 is 0 Å². The van der Waals surface area contributed by atoms with Crippen LogP contribution in [0.3, 0.4) is 0 Å². The molecule has 0 atom stereocenters. The molecule has 29 heavy (non-hydrogen) atoms. The number of nitrogens with one attached hydrogen (secondary N) is 1. The lowest BCUT2D eigenvalue weighted by atomic mass is 10.1. The van der Waals surface area contributed by atoms with E-state index in [2.05, 4.69) is 5.32 Å². The van der Waals surface area contributed by atoms with Crippen molar-refractivity contribution in [1.82, 2.24) is 0 Å². The maximum Gasteiger partial charge on any atom is 0.251 e. The topological polar surface area (TPSA) is 81.4 Å². The molecule has 3 aromatic rings. The second-order valence-corrected chi connectivity index (χ2v) is 7.55. The number of primary amides is 1. The first-order chi connectivity index (χ1) is 14.0. The van der Waals surface area contributed by atoms with Crippen LogP contribution in [-0.2, 0) is 11.2 Å². The van der Waals surface area contributed by atoms with Gasteiger partial charge in [0.25, 0.3) is 5.91 Å². The van der Waals surface area contributed by atoms with Gasteiger partial charge in [0.15, 0.2) is 0 Å². The van der Waals surface area contributed by atoms with Gasteiger partial charge in [0.1, 0.15) is 10.8 Å². The minimum atomic E-state index is -0.554. The van der Waals surface area contributed by atoms with Gasteiger partial charge in [-0.25, -0.2) is 0 Å². The summed E-state index contributed by atoms with van der Waals surface area (Å²) in [4.78, 5) is 25.4. The molecule has 0 aliphatic carbocycles. The third kappa shape index (κ3) is 4.92. The summed E-state index contributed by atoms with van der Waals surface area (Å²) < 4.78 is 5.28. The molecule has 3 rings (SSSR count). The summed E-state index contributed by atoms with van der Waals surface area (Å²) in [6.45, 7) is 1.86. The monoisotopic (exact) mass is 406 g/mol. The van der Waals surface area contributed by atoms with E-state index in [4.69, 9.17) is 10.5 Å². The Morgan fingerprint density at radius 1 is 1.10 bits per heavy atom. The molecule has 0 aliphatic heterocycles. The Morgan fingerprint density at radius 2 is 1.79 bits per heavy atom. The van der Waals surface area contributed by atoms with Crippen LogP contribution in [0.25, 0.3) is 6.08 Å². The number of thiophene rings is 1. The Kier molecular flexibility index (Phi) is 6.46. The molecule has 2 aromatic carbocycles. The molecule has 5 nitrogen and oxygen atoms in total. The van der Waals surface area contributed by atoms with E-state index in [1.807, 2.05) is 61.5 Å². The maximum absolute atomic E-state index is 12.5. The first-order valence-electron chi connectivity index (χ1n) is 9.07. The number of hydrogen-bond donors (Lipinski definition) is 2. The van der Waals surface area contributed by atoms with Crippen molar-refractivity contribution in [1.29, 1.82) is 0 Å². The van der Waals surface area contributed by atoms with E-state index in [9.17, 15) is 9.59 Å². The maximum atomic E-state index is 12.5. The fourth-order valence-corrected chi connectivity index (χ4v) is 4.27. The van der Waals surface area contributed by atoms with Crippen LogP contribution in [-0.4, -0.2) is 18.9 Å². The molecule has 0 saturated heterocycles. The molecule has 1 heterocycles. The van der Waals surface area contributed by atoms with E-state index >= 15 is 0 Å². The molecule has 6 heteroatoms. The molecule has 0 fully saturated rings. The van der Waals surface area contributed by atoms with Gasteiger partial charge < -0.3 is 15.8 Å². The molecule has 148 valence electrons. The molecule has 0 unspecified atom stereocenters. The quantitative estimate of drug-likeness (QED) is 0.571. The molecule has 0 bridgehead atoms. The van der Waals surface area contributed by atoms with Crippen LogP contribution in [0.1, 0.15) is 31.9 Å². The molecule has 1 aromatic heterocycles. The van der Waals surface area contributed by atoms with Gasteiger partial charge in [-0.3, -0.25) is 9.59 Å². The number of ether oxygens (including phenoxy) is 1. The fourth-order valence-electron chi connectivity index (χ4n) is 3.02. The van der Waals surface area contributed by atoms with Gasteiger partial charge in [0.05, 0.1) is 12.7 Å². The molecule has 0 radical (unpaired) electrons. The van der Waals surface area contributed by atoms with Crippen molar-refractivity contribution in [3.05, 3.63) is 87.8 Å². The van der Waals surface area contributed by atoms with Crippen LogP contribution < -0.4 is 15.8 Å². The standard InChI is InChI=1S/C23H22N2O3S/c1-15-19(14-16-8-4-3-5-9-16)29-23(21(15)22(24)27)25-20(26)13-12-17-10-6-7-11-18(17)28-2/h3-13H,14H2,1-2H3,(H2,24,27)(H,25,26)/b13-12+. The van der Waals surface area contributed by atoms with E-state index < -0.39 is 5.91 Å². The van der Waals surface area contributed by atoms with E-state index in [0.717, 1.165) is 21.6 Å². The van der Waals surface area contributed by atoms with Crippen molar-refractivity contribution in [2.75, 3.05) is 12.4 Å². The van der Waals surface area contributed by atoms with Crippen molar-refractivity contribution in [2.24, 2.45) is 5.73 Å². The van der Waals surface area contributed by atoms with Crippen molar-refractivity contribution in [3.63, 3.8) is 0 Å². The molecule has 3 N–H and O–H groups in total. The second-order valence-electron chi connectivity index (χ2n) is 6.45. The average molecular weight is 407 g/mol. The Balaban J connectivity index is 1.82. The predicted octanol–water partition coefficient (Wildman–Crippen LogP) is 4.41. The molecule has 0 aliphatic rings. The SMILES string of the molecule is COc1ccccc1/C=C/C(=O)Nc1sc(Cc2ccccc2)c(C)c1C(N)=O. The lowest BCUT2D eigenvalue weighted by Gasteiger charge is -2.04. The summed E-state index contributed by atoms with van der Waals surface area (Å²) >= 11 is 1.38. The number of carbonyl (C=O) groups is 2. The molecular formula is C23H22N2O3S. The molecular weight excluding hydrogens is 384 g/mol. The van der Waals surface area contributed by atoms with Crippen LogP contribution in [0.4, 0.5) is 5.00 Å². The van der Waals surface area contributed by atoms with Crippen molar-refractivity contribution in [2.45, 2.75) is 13.3 Å². The first kappa shape index (κ1) is 20.4. The summed E-state index contributed by atoms with van der Waals surface area (Å²) in [5.74, 6) is -0.223. The number of nitrogens with two attached hydrogens (primary N) is 1. The minimum absolute atomic E-state index is 0.342. The Labute approximate surface area is 173 Å². The van der Waals surface area contributed by atoms with Crippen LogP contribution in [0.15, 0.2) is 60.7 Å². The van der Waals surface area contributed by atoms with Gasteiger partial charge in [-0.15, -0.1) is 11.3 Å². The summed E-state index contributed by atoms with van der Waals surface area (Å²) in [6, 6.07) is 17.3. The lowest BCUT2D eigenvalue weighted by Crippen LogP contribution is -2.16. The highest BCUT2D eigenvalue weighted by Crippen LogP contribution is 2.34. The van der Waals surface area contributed by atoms with Gasteiger partial charge in [-0.05, 0) is 30.2 Å². The van der Waals surface area contributed by atoms with Gasteiger partial charge in [-0.1, -0.05) is 48.5 Å². The van der Waals surface area contributed by atoms with Crippen LogP contribution in [0, 0.1) is 6.92 Å². The zero-order valence-electron chi connectivity index (χ0n) is 16.3. The van der Waals surface area contributed by atoms with E-state index in [1.165, 1.54) is 17.4 Å². The minimum Gasteiger partial charge on any atom is -0.496 e. The number of rotatable bonds is 7. The normalized spacial score (nSPS) is 10.8. The first-order valence-corrected chi connectivity index (χ1v) is 9.89. The highest BCUT2D eigenvalue weighted by atomic mass is 32.1. The van der Waals surface area contributed by atoms with Gasteiger partial charge in [-0.2, -0.15) is 0 Å². The summed E-state index contributed by atoms with van der Waals surface area (Å²) in [5, 5.41) is 3.27. The van der Waals surface area contributed by atoms with Crippen molar-refractivity contribution >= 4 is 34.2 Å².